The summed E-state index contributed by atoms with van der Waals surface area (Å²) in [5.41, 5.74) is 1.79. The van der Waals surface area contributed by atoms with Crippen LogP contribution in [0.15, 0.2) is 54.6 Å². The van der Waals surface area contributed by atoms with Crippen LogP contribution in [0.3, 0.4) is 0 Å². The molecule has 0 aliphatic carbocycles. The van der Waals surface area contributed by atoms with E-state index in [0.29, 0.717) is 26.0 Å². The van der Waals surface area contributed by atoms with E-state index in [1.165, 1.54) is 0 Å². The van der Waals surface area contributed by atoms with Gasteiger partial charge >= 0.3 is 0 Å². The van der Waals surface area contributed by atoms with E-state index in [1.54, 1.807) is 0 Å². The fraction of sp³-hybridized carbons (Fsp3) is 0.278. The first-order valence-electron chi connectivity index (χ1n) is 7.42. The number of nitrogens with one attached hydrogen (secondary N) is 1. The van der Waals surface area contributed by atoms with Crippen LogP contribution in [0.2, 0.25) is 0 Å². The molecule has 2 N–H and O–H groups in total. The molecule has 0 aliphatic rings. The van der Waals surface area contributed by atoms with Gasteiger partial charge in [0.05, 0.1) is 13.2 Å². The fourth-order valence-corrected chi connectivity index (χ4v) is 2.11. The van der Waals surface area contributed by atoms with E-state index in [4.69, 9.17) is 4.74 Å². The Labute approximate surface area is 130 Å². The number of para-hydroxylation sites is 1. The molecule has 0 fully saturated rings. The molecule has 22 heavy (non-hydrogen) atoms. The summed E-state index contributed by atoms with van der Waals surface area (Å²) in [7, 11) is 0. The van der Waals surface area contributed by atoms with Crippen LogP contribution in [0.4, 0.5) is 0 Å². The molecule has 0 spiro atoms. The third kappa shape index (κ3) is 5.22. The van der Waals surface area contributed by atoms with Crippen LogP contribution in [0.1, 0.15) is 24.0 Å². The quantitative estimate of drug-likeness (QED) is 0.737. The fourth-order valence-electron chi connectivity index (χ4n) is 2.11. The van der Waals surface area contributed by atoms with Gasteiger partial charge in [-0.15, -0.1) is 0 Å². The maximum atomic E-state index is 11.8. The lowest BCUT2D eigenvalue weighted by molar-refractivity contribution is -0.121. The summed E-state index contributed by atoms with van der Waals surface area (Å²) < 4.78 is 5.54. The normalized spacial score (nSPS) is 10.2. The molecule has 2 aromatic carbocycles. The molecule has 2 rings (SSSR count). The summed E-state index contributed by atoms with van der Waals surface area (Å²) in [5, 5.41) is 12.1. The van der Waals surface area contributed by atoms with Crippen molar-refractivity contribution in [1.82, 2.24) is 5.32 Å². The number of hydrogen-bond donors (Lipinski definition) is 2. The monoisotopic (exact) mass is 299 g/mol. The molecule has 0 saturated carbocycles. The molecular weight excluding hydrogens is 278 g/mol. The zero-order valence-electron chi connectivity index (χ0n) is 12.5. The number of benzene rings is 2. The summed E-state index contributed by atoms with van der Waals surface area (Å²) in [5.74, 6) is 0.809. The van der Waals surface area contributed by atoms with Crippen LogP contribution in [-0.2, 0) is 17.9 Å². The third-order valence-corrected chi connectivity index (χ3v) is 3.32. The Bertz CT molecular complexity index is 584. The van der Waals surface area contributed by atoms with Crippen molar-refractivity contribution in [2.75, 3.05) is 6.61 Å². The predicted molar refractivity (Wildman–Crippen MR) is 85.4 cm³/mol. The number of hydrogen-bond acceptors (Lipinski definition) is 3. The number of carbonyl (C=O) groups is 1. The highest BCUT2D eigenvalue weighted by molar-refractivity contribution is 5.75. The van der Waals surface area contributed by atoms with Crippen molar-refractivity contribution in [2.45, 2.75) is 26.0 Å². The van der Waals surface area contributed by atoms with Gasteiger partial charge in [0.1, 0.15) is 5.75 Å². The van der Waals surface area contributed by atoms with Crippen LogP contribution in [-0.4, -0.2) is 17.6 Å². The largest absolute Gasteiger partial charge is 0.494 e. The first-order chi connectivity index (χ1) is 10.8. The number of rotatable bonds is 8. The Morgan fingerprint density at radius 3 is 2.41 bits per heavy atom. The highest BCUT2D eigenvalue weighted by atomic mass is 16.5. The Balaban J connectivity index is 1.66. The number of amides is 1. The minimum absolute atomic E-state index is 0.00981. The van der Waals surface area contributed by atoms with Crippen molar-refractivity contribution >= 4 is 5.91 Å². The van der Waals surface area contributed by atoms with Crippen molar-refractivity contribution in [2.24, 2.45) is 0 Å². The van der Waals surface area contributed by atoms with Crippen LogP contribution in [0.5, 0.6) is 5.75 Å². The average molecular weight is 299 g/mol. The van der Waals surface area contributed by atoms with E-state index in [9.17, 15) is 9.90 Å². The molecule has 0 atom stereocenters. The van der Waals surface area contributed by atoms with Gasteiger partial charge in [0.25, 0.3) is 0 Å². The third-order valence-electron chi connectivity index (χ3n) is 3.32. The lowest BCUT2D eigenvalue weighted by Gasteiger charge is -2.09. The van der Waals surface area contributed by atoms with E-state index >= 15 is 0 Å². The molecule has 4 nitrogen and oxygen atoms in total. The van der Waals surface area contributed by atoms with Gasteiger partial charge < -0.3 is 15.2 Å². The Kier molecular flexibility index (Phi) is 6.45. The molecule has 0 unspecified atom stereocenters. The average Bonchev–Trinajstić information content (AvgIpc) is 2.58. The molecule has 4 heteroatoms. The molecular formula is C18H21NO3. The molecule has 116 valence electrons. The minimum atomic E-state index is -0.0169. The lowest BCUT2D eigenvalue weighted by atomic mass is 10.1. The first-order valence-corrected chi connectivity index (χ1v) is 7.42. The van der Waals surface area contributed by atoms with Crippen molar-refractivity contribution < 1.29 is 14.6 Å². The topological polar surface area (TPSA) is 58.6 Å². The minimum Gasteiger partial charge on any atom is -0.494 e. The van der Waals surface area contributed by atoms with E-state index in [2.05, 4.69) is 5.32 Å². The highest BCUT2D eigenvalue weighted by Crippen LogP contribution is 2.10. The Morgan fingerprint density at radius 1 is 1.00 bits per heavy atom. The molecule has 0 aromatic heterocycles. The van der Waals surface area contributed by atoms with Crippen LogP contribution in [0.25, 0.3) is 0 Å². The van der Waals surface area contributed by atoms with Crippen LogP contribution < -0.4 is 10.1 Å². The van der Waals surface area contributed by atoms with E-state index < -0.39 is 0 Å². The van der Waals surface area contributed by atoms with Crippen LogP contribution in [0, 0.1) is 0 Å². The second-order valence-electron chi connectivity index (χ2n) is 4.97. The van der Waals surface area contributed by atoms with Crippen molar-refractivity contribution in [3.05, 3.63) is 65.7 Å². The second-order valence-corrected chi connectivity index (χ2v) is 4.97. The molecule has 0 radical (unpaired) electrons. The second kappa shape index (κ2) is 8.85. The van der Waals surface area contributed by atoms with Crippen molar-refractivity contribution in [3.8, 4) is 5.75 Å². The van der Waals surface area contributed by atoms with Gasteiger partial charge in [0, 0.05) is 13.0 Å². The van der Waals surface area contributed by atoms with Gasteiger partial charge in [-0.2, -0.15) is 0 Å². The maximum absolute atomic E-state index is 11.8. The van der Waals surface area contributed by atoms with E-state index in [-0.39, 0.29) is 12.5 Å². The number of aliphatic hydroxyl groups is 1. The summed E-state index contributed by atoms with van der Waals surface area (Å²) in [6.45, 7) is 0.941. The zero-order valence-corrected chi connectivity index (χ0v) is 12.5. The Morgan fingerprint density at radius 2 is 1.68 bits per heavy atom. The van der Waals surface area contributed by atoms with Gasteiger partial charge in [0.15, 0.2) is 0 Å². The lowest BCUT2D eigenvalue weighted by Crippen LogP contribution is -2.23. The van der Waals surface area contributed by atoms with Gasteiger partial charge in [0.2, 0.25) is 5.91 Å². The summed E-state index contributed by atoms with van der Waals surface area (Å²) in [6.07, 6.45) is 1.09. The highest BCUT2D eigenvalue weighted by Gasteiger charge is 2.04. The molecule has 2 aromatic rings. The van der Waals surface area contributed by atoms with Gasteiger partial charge in [-0.05, 0) is 29.7 Å². The van der Waals surface area contributed by atoms with Gasteiger partial charge in [-0.3, -0.25) is 4.79 Å². The van der Waals surface area contributed by atoms with Gasteiger partial charge in [-0.25, -0.2) is 0 Å². The zero-order chi connectivity index (χ0) is 15.6. The molecule has 0 bridgehead atoms. The first kappa shape index (κ1) is 16.0. The number of ether oxygens (including phenoxy) is 1. The van der Waals surface area contributed by atoms with Crippen molar-refractivity contribution in [3.63, 3.8) is 0 Å². The summed E-state index contributed by atoms with van der Waals surface area (Å²) in [6, 6.07) is 17.1. The summed E-state index contributed by atoms with van der Waals surface area (Å²) >= 11 is 0. The van der Waals surface area contributed by atoms with E-state index in [1.807, 2.05) is 54.6 Å². The number of aliphatic hydroxyl groups excluding tert-OH is 1. The smallest absolute Gasteiger partial charge is 0.220 e. The summed E-state index contributed by atoms with van der Waals surface area (Å²) in [4.78, 5) is 11.8. The maximum Gasteiger partial charge on any atom is 0.220 e. The van der Waals surface area contributed by atoms with Crippen LogP contribution >= 0.6 is 0 Å². The molecule has 0 heterocycles. The molecule has 0 saturated heterocycles. The molecule has 0 aliphatic heterocycles. The van der Waals surface area contributed by atoms with Crippen molar-refractivity contribution in [1.29, 1.82) is 0 Å². The van der Waals surface area contributed by atoms with Gasteiger partial charge in [-0.1, -0.05) is 42.5 Å². The SMILES string of the molecule is O=C(CCCOc1ccccc1)NCc1ccccc1CO. The van der Waals surface area contributed by atoms with E-state index in [0.717, 1.165) is 16.9 Å². The Hall–Kier alpha value is -2.33. The standard InChI is InChI=1S/C18H21NO3/c20-14-16-8-5-4-7-15(16)13-19-18(21)11-6-12-22-17-9-2-1-3-10-17/h1-5,7-10,20H,6,11-14H2,(H,19,21). The molecule has 1 amide bonds. The predicted octanol–water partition coefficient (Wildman–Crippen LogP) is 2.65. The number of carbonyl (C=O) groups excluding carboxylic acids is 1.